The van der Waals surface area contributed by atoms with Gasteiger partial charge < -0.3 is 19.8 Å². The van der Waals surface area contributed by atoms with E-state index >= 15 is 0 Å². The molecule has 3 aromatic rings. The van der Waals surface area contributed by atoms with Crippen LogP contribution in [0, 0.1) is 5.82 Å². The number of benzene rings is 2. The summed E-state index contributed by atoms with van der Waals surface area (Å²) in [5, 5.41) is 7.41. The van der Waals surface area contributed by atoms with E-state index in [4.69, 9.17) is 14.9 Å². The first-order valence-electron chi connectivity index (χ1n) is 8.36. The van der Waals surface area contributed by atoms with Gasteiger partial charge in [0.1, 0.15) is 11.6 Å². The molecule has 2 N–H and O–H groups in total. The Morgan fingerprint density at radius 3 is 2.43 bits per heavy atom. The van der Waals surface area contributed by atoms with Gasteiger partial charge in [-0.1, -0.05) is 0 Å². The molecule has 9 heteroatoms. The molecule has 28 heavy (non-hydrogen) atoms. The average Bonchev–Trinajstić information content (AvgIpc) is 3.23. The summed E-state index contributed by atoms with van der Waals surface area (Å²) in [7, 11) is 0. The SMILES string of the molecule is NC(=O)CCN(C(=O)COc1ccc(-c2nnco2)cc1)c1ccc(F)cc1. The Bertz CT molecular complexity index is 928. The molecular formula is C19H17FN4O4. The summed E-state index contributed by atoms with van der Waals surface area (Å²) in [6.07, 6.45) is 1.20. The third kappa shape index (κ3) is 4.91. The largest absolute Gasteiger partial charge is 0.484 e. The number of anilines is 1. The van der Waals surface area contributed by atoms with Crippen molar-refractivity contribution in [3.8, 4) is 17.2 Å². The number of amides is 2. The molecule has 2 aromatic carbocycles. The predicted molar refractivity (Wildman–Crippen MR) is 97.8 cm³/mol. The minimum Gasteiger partial charge on any atom is -0.484 e. The van der Waals surface area contributed by atoms with E-state index in [2.05, 4.69) is 10.2 Å². The Morgan fingerprint density at radius 2 is 1.82 bits per heavy atom. The summed E-state index contributed by atoms with van der Waals surface area (Å²) in [5.41, 5.74) is 6.34. The quantitative estimate of drug-likeness (QED) is 0.637. The third-order valence-electron chi connectivity index (χ3n) is 3.84. The molecule has 0 spiro atoms. The lowest BCUT2D eigenvalue weighted by molar-refractivity contribution is -0.120. The van der Waals surface area contributed by atoms with Crippen LogP contribution in [0.25, 0.3) is 11.5 Å². The highest BCUT2D eigenvalue weighted by Crippen LogP contribution is 2.21. The van der Waals surface area contributed by atoms with Crippen LogP contribution < -0.4 is 15.4 Å². The fraction of sp³-hybridized carbons (Fsp3) is 0.158. The zero-order valence-corrected chi connectivity index (χ0v) is 14.7. The number of primary amides is 1. The highest BCUT2D eigenvalue weighted by atomic mass is 19.1. The van der Waals surface area contributed by atoms with Gasteiger partial charge in [0.05, 0.1) is 0 Å². The summed E-state index contributed by atoms with van der Waals surface area (Å²) >= 11 is 0. The highest BCUT2D eigenvalue weighted by Gasteiger charge is 2.17. The van der Waals surface area contributed by atoms with Crippen molar-refractivity contribution in [2.45, 2.75) is 6.42 Å². The van der Waals surface area contributed by atoms with Crippen molar-refractivity contribution in [2.24, 2.45) is 5.73 Å². The van der Waals surface area contributed by atoms with Gasteiger partial charge in [0.25, 0.3) is 5.91 Å². The van der Waals surface area contributed by atoms with Crippen LogP contribution in [0.3, 0.4) is 0 Å². The zero-order valence-electron chi connectivity index (χ0n) is 14.7. The average molecular weight is 384 g/mol. The van der Waals surface area contributed by atoms with Crippen molar-refractivity contribution in [3.63, 3.8) is 0 Å². The molecule has 3 rings (SSSR count). The van der Waals surface area contributed by atoms with Gasteiger partial charge in [-0.05, 0) is 48.5 Å². The van der Waals surface area contributed by atoms with Crippen molar-refractivity contribution in [3.05, 3.63) is 60.7 Å². The number of ether oxygens (including phenoxy) is 1. The van der Waals surface area contributed by atoms with E-state index in [-0.39, 0.29) is 19.6 Å². The number of nitrogens with two attached hydrogens (primary N) is 1. The van der Waals surface area contributed by atoms with E-state index in [1.807, 2.05) is 0 Å². The molecule has 0 saturated carbocycles. The molecule has 1 heterocycles. The van der Waals surface area contributed by atoms with E-state index in [1.165, 1.54) is 35.6 Å². The number of halogens is 1. The van der Waals surface area contributed by atoms with Crippen molar-refractivity contribution in [2.75, 3.05) is 18.1 Å². The molecule has 0 aliphatic heterocycles. The fourth-order valence-corrected chi connectivity index (χ4v) is 2.46. The highest BCUT2D eigenvalue weighted by molar-refractivity contribution is 5.95. The zero-order chi connectivity index (χ0) is 19.9. The van der Waals surface area contributed by atoms with Crippen molar-refractivity contribution < 1.29 is 23.1 Å². The summed E-state index contributed by atoms with van der Waals surface area (Å²) in [5.74, 6) is -0.531. The lowest BCUT2D eigenvalue weighted by atomic mass is 10.2. The molecule has 0 saturated heterocycles. The topological polar surface area (TPSA) is 112 Å². The predicted octanol–water partition coefficient (Wildman–Crippen LogP) is 2.16. The smallest absolute Gasteiger partial charge is 0.264 e. The molecule has 0 atom stereocenters. The Balaban J connectivity index is 1.65. The van der Waals surface area contributed by atoms with Crippen LogP contribution in [0.4, 0.5) is 10.1 Å². The second kappa shape index (κ2) is 8.76. The Morgan fingerprint density at radius 1 is 1.11 bits per heavy atom. The van der Waals surface area contributed by atoms with Gasteiger partial charge in [0.15, 0.2) is 6.61 Å². The minimum atomic E-state index is -0.544. The molecule has 0 aliphatic carbocycles. The summed E-state index contributed by atoms with van der Waals surface area (Å²) in [6, 6.07) is 12.1. The van der Waals surface area contributed by atoms with E-state index < -0.39 is 17.6 Å². The first-order valence-corrected chi connectivity index (χ1v) is 8.36. The van der Waals surface area contributed by atoms with E-state index in [0.717, 1.165) is 0 Å². The van der Waals surface area contributed by atoms with Gasteiger partial charge >= 0.3 is 0 Å². The number of hydrogen-bond acceptors (Lipinski definition) is 6. The lowest BCUT2D eigenvalue weighted by Gasteiger charge is -2.22. The van der Waals surface area contributed by atoms with Crippen LogP contribution in [-0.2, 0) is 9.59 Å². The maximum absolute atomic E-state index is 13.2. The lowest BCUT2D eigenvalue weighted by Crippen LogP contribution is -2.37. The normalized spacial score (nSPS) is 10.5. The number of carbonyl (C=O) groups is 2. The molecule has 0 radical (unpaired) electrons. The Labute approximate surface area is 159 Å². The minimum absolute atomic E-state index is 0.0258. The molecule has 1 aromatic heterocycles. The van der Waals surface area contributed by atoms with Crippen LogP contribution in [0.5, 0.6) is 5.75 Å². The van der Waals surface area contributed by atoms with E-state index in [9.17, 15) is 14.0 Å². The molecule has 8 nitrogen and oxygen atoms in total. The summed E-state index contributed by atoms with van der Waals surface area (Å²) < 4.78 is 23.8. The molecule has 0 unspecified atom stereocenters. The maximum Gasteiger partial charge on any atom is 0.264 e. The van der Waals surface area contributed by atoms with Crippen LogP contribution in [0.15, 0.2) is 59.3 Å². The van der Waals surface area contributed by atoms with Gasteiger partial charge in [-0.15, -0.1) is 10.2 Å². The fourth-order valence-electron chi connectivity index (χ4n) is 2.46. The molecule has 2 amide bonds. The molecule has 0 fully saturated rings. The Kier molecular flexibility index (Phi) is 5.95. The second-order valence-electron chi connectivity index (χ2n) is 5.80. The van der Waals surface area contributed by atoms with Crippen LogP contribution >= 0.6 is 0 Å². The summed E-state index contributed by atoms with van der Waals surface area (Å²) in [4.78, 5) is 25.0. The van der Waals surface area contributed by atoms with Crippen molar-refractivity contribution >= 4 is 17.5 Å². The van der Waals surface area contributed by atoms with Crippen molar-refractivity contribution in [1.82, 2.24) is 10.2 Å². The van der Waals surface area contributed by atoms with Gasteiger partial charge in [-0.2, -0.15) is 0 Å². The van der Waals surface area contributed by atoms with Gasteiger partial charge in [0.2, 0.25) is 18.2 Å². The monoisotopic (exact) mass is 384 g/mol. The van der Waals surface area contributed by atoms with Crippen molar-refractivity contribution in [1.29, 1.82) is 0 Å². The summed E-state index contributed by atoms with van der Waals surface area (Å²) in [6.45, 7) is -0.199. The number of rotatable bonds is 8. The first kappa shape index (κ1) is 19.0. The Hall–Kier alpha value is -3.75. The van der Waals surface area contributed by atoms with Gasteiger partial charge in [0, 0.05) is 24.2 Å². The van der Waals surface area contributed by atoms with Crippen LogP contribution in [0.1, 0.15) is 6.42 Å². The third-order valence-corrected chi connectivity index (χ3v) is 3.84. The molecule has 0 bridgehead atoms. The number of carbonyl (C=O) groups excluding carboxylic acids is 2. The maximum atomic E-state index is 13.2. The van der Waals surface area contributed by atoms with Gasteiger partial charge in [-0.3, -0.25) is 9.59 Å². The number of aromatic nitrogens is 2. The molecular weight excluding hydrogens is 367 g/mol. The standard InChI is InChI=1S/C19H17FN4O4/c20-14-3-5-15(6-4-14)24(10-9-17(21)25)18(26)11-27-16-7-1-13(2-8-16)19-23-22-12-28-19/h1-8,12H,9-11H2,(H2,21,25). The second-order valence-corrected chi connectivity index (χ2v) is 5.80. The van der Waals surface area contributed by atoms with Crippen LogP contribution in [0.2, 0.25) is 0 Å². The number of hydrogen-bond donors (Lipinski definition) is 1. The van der Waals surface area contributed by atoms with Crippen LogP contribution in [-0.4, -0.2) is 35.2 Å². The molecule has 144 valence electrons. The number of nitrogens with zero attached hydrogens (tertiary/aromatic N) is 3. The van der Waals surface area contributed by atoms with Gasteiger partial charge in [-0.25, -0.2) is 4.39 Å². The van der Waals surface area contributed by atoms with E-state index in [1.54, 1.807) is 24.3 Å². The first-order chi connectivity index (χ1) is 13.5. The van der Waals surface area contributed by atoms with E-state index in [0.29, 0.717) is 22.9 Å². The molecule has 0 aliphatic rings.